The first kappa shape index (κ1) is 12.7. The second kappa shape index (κ2) is 5.35. The zero-order valence-electron chi connectivity index (χ0n) is 10.5. The van der Waals surface area contributed by atoms with Crippen LogP contribution in [0.3, 0.4) is 0 Å². The predicted molar refractivity (Wildman–Crippen MR) is 80.9 cm³/mol. The van der Waals surface area contributed by atoms with Crippen molar-refractivity contribution in [3.8, 4) is 11.5 Å². The van der Waals surface area contributed by atoms with E-state index in [0.29, 0.717) is 22.1 Å². The van der Waals surface area contributed by atoms with Crippen LogP contribution in [0.5, 0.6) is 11.5 Å². The minimum atomic E-state index is 0.462. The lowest BCUT2D eigenvalue weighted by Crippen LogP contribution is -1.91. The van der Waals surface area contributed by atoms with E-state index < -0.39 is 0 Å². The standard InChI is InChI=1S/C17H11ClO2/c18-14-9-8-13(11-19)17(10-14)20-16-7-3-5-12-4-1-2-6-15(12)16/h1-11H. The van der Waals surface area contributed by atoms with E-state index in [0.717, 1.165) is 17.1 Å². The van der Waals surface area contributed by atoms with Crippen LogP contribution in [0, 0.1) is 0 Å². The number of aldehydes is 1. The summed E-state index contributed by atoms with van der Waals surface area (Å²) in [7, 11) is 0. The first-order valence-electron chi connectivity index (χ1n) is 6.18. The first-order valence-corrected chi connectivity index (χ1v) is 6.56. The van der Waals surface area contributed by atoms with Gasteiger partial charge in [0.15, 0.2) is 6.29 Å². The average molecular weight is 283 g/mol. The Morgan fingerprint density at radius 1 is 0.900 bits per heavy atom. The smallest absolute Gasteiger partial charge is 0.153 e. The van der Waals surface area contributed by atoms with Gasteiger partial charge in [-0.15, -0.1) is 0 Å². The number of rotatable bonds is 3. The molecule has 0 atom stereocenters. The van der Waals surface area contributed by atoms with Crippen LogP contribution in [0.1, 0.15) is 10.4 Å². The van der Waals surface area contributed by atoms with E-state index in [-0.39, 0.29) is 0 Å². The molecule has 2 nitrogen and oxygen atoms in total. The van der Waals surface area contributed by atoms with Gasteiger partial charge < -0.3 is 4.74 Å². The summed E-state index contributed by atoms with van der Waals surface area (Å²) in [6.45, 7) is 0. The van der Waals surface area contributed by atoms with Crippen molar-refractivity contribution in [2.45, 2.75) is 0 Å². The van der Waals surface area contributed by atoms with Crippen LogP contribution in [0.2, 0.25) is 5.02 Å². The largest absolute Gasteiger partial charge is 0.456 e. The van der Waals surface area contributed by atoms with E-state index in [1.165, 1.54) is 0 Å². The lowest BCUT2D eigenvalue weighted by atomic mass is 10.1. The summed E-state index contributed by atoms with van der Waals surface area (Å²) in [5.74, 6) is 1.16. The van der Waals surface area contributed by atoms with Crippen LogP contribution < -0.4 is 4.74 Å². The van der Waals surface area contributed by atoms with Gasteiger partial charge in [-0.3, -0.25) is 4.79 Å². The lowest BCUT2D eigenvalue weighted by Gasteiger charge is -2.11. The van der Waals surface area contributed by atoms with Crippen molar-refractivity contribution in [3.63, 3.8) is 0 Å². The molecule has 0 aliphatic rings. The molecule has 0 aromatic heterocycles. The summed E-state index contributed by atoms with van der Waals surface area (Å²) in [6.07, 6.45) is 0.761. The van der Waals surface area contributed by atoms with Crippen molar-refractivity contribution in [1.82, 2.24) is 0 Å². The third kappa shape index (κ3) is 2.38. The van der Waals surface area contributed by atoms with Crippen molar-refractivity contribution in [3.05, 3.63) is 71.2 Å². The van der Waals surface area contributed by atoms with E-state index in [1.807, 2.05) is 42.5 Å². The van der Waals surface area contributed by atoms with Crippen LogP contribution in [-0.2, 0) is 0 Å². The molecule has 0 heterocycles. The maximum absolute atomic E-state index is 11.1. The van der Waals surface area contributed by atoms with Gasteiger partial charge in [0.1, 0.15) is 11.5 Å². The predicted octanol–water partition coefficient (Wildman–Crippen LogP) is 5.10. The molecule has 3 rings (SSSR count). The summed E-state index contributed by atoms with van der Waals surface area (Å²) >= 11 is 5.96. The highest BCUT2D eigenvalue weighted by atomic mass is 35.5. The molecule has 98 valence electrons. The Labute approximate surface area is 121 Å². The van der Waals surface area contributed by atoms with Crippen molar-refractivity contribution in [1.29, 1.82) is 0 Å². The van der Waals surface area contributed by atoms with Crippen molar-refractivity contribution >= 4 is 28.7 Å². The molecule has 0 N–H and O–H groups in total. The van der Waals surface area contributed by atoms with Crippen molar-refractivity contribution in [2.24, 2.45) is 0 Å². The van der Waals surface area contributed by atoms with Crippen LogP contribution in [0.25, 0.3) is 10.8 Å². The molecular formula is C17H11ClO2. The Balaban J connectivity index is 2.10. The molecule has 0 spiro atoms. The quantitative estimate of drug-likeness (QED) is 0.625. The maximum atomic E-state index is 11.1. The molecule has 0 amide bonds. The van der Waals surface area contributed by atoms with Crippen molar-refractivity contribution < 1.29 is 9.53 Å². The molecule has 0 saturated carbocycles. The second-order valence-electron chi connectivity index (χ2n) is 4.38. The Kier molecular flexibility index (Phi) is 3.40. The minimum Gasteiger partial charge on any atom is -0.456 e. The highest BCUT2D eigenvalue weighted by Gasteiger charge is 2.07. The van der Waals surface area contributed by atoms with Gasteiger partial charge in [0.25, 0.3) is 0 Å². The van der Waals surface area contributed by atoms with Crippen LogP contribution in [0.15, 0.2) is 60.7 Å². The molecule has 0 saturated heterocycles. The number of halogens is 1. The summed E-state index contributed by atoms with van der Waals surface area (Å²) in [6, 6.07) is 18.7. The van der Waals surface area contributed by atoms with E-state index in [1.54, 1.807) is 18.2 Å². The van der Waals surface area contributed by atoms with Gasteiger partial charge in [-0.2, -0.15) is 0 Å². The van der Waals surface area contributed by atoms with Gasteiger partial charge in [-0.1, -0.05) is 48.0 Å². The minimum absolute atomic E-state index is 0.462. The number of carbonyl (C=O) groups is 1. The number of ether oxygens (including phenoxy) is 1. The molecule has 0 radical (unpaired) electrons. The van der Waals surface area contributed by atoms with Crippen LogP contribution in [-0.4, -0.2) is 6.29 Å². The van der Waals surface area contributed by atoms with Gasteiger partial charge in [0, 0.05) is 16.5 Å². The molecule has 0 aliphatic heterocycles. The average Bonchev–Trinajstić information content (AvgIpc) is 2.48. The summed E-state index contributed by atoms with van der Waals surface area (Å²) in [5, 5.41) is 2.61. The molecule has 3 aromatic carbocycles. The third-order valence-corrected chi connectivity index (χ3v) is 3.31. The Morgan fingerprint density at radius 3 is 2.55 bits per heavy atom. The highest BCUT2D eigenvalue weighted by Crippen LogP contribution is 2.32. The monoisotopic (exact) mass is 282 g/mol. The van der Waals surface area contributed by atoms with Gasteiger partial charge in [-0.05, 0) is 23.6 Å². The molecule has 0 unspecified atom stereocenters. The molecule has 0 aliphatic carbocycles. The Bertz CT molecular complexity index is 776. The molecule has 20 heavy (non-hydrogen) atoms. The van der Waals surface area contributed by atoms with Gasteiger partial charge >= 0.3 is 0 Å². The summed E-state index contributed by atoms with van der Waals surface area (Å²) < 4.78 is 5.88. The molecular weight excluding hydrogens is 272 g/mol. The van der Waals surface area contributed by atoms with E-state index in [4.69, 9.17) is 16.3 Å². The number of hydrogen-bond donors (Lipinski definition) is 0. The van der Waals surface area contributed by atoms with Gasteiger partial charge in [-0.25, -0.2) is 0 Å². The highest BCUT2D eigenvalue weighted by molar-refractivity contribution is 6.30. The maximum Gasteiger partial charge on any atom is 0.153 e. The van der Waals surface area contributed by atoms with Gasteiger partial charge in [0.2, 0.25) is 0 Å². The Hall–Kier alpha value is -2.32. The van der Waals surface area contributed by atoms with E-state index in [2.05, 4.69) is 0 Å². The summed E-state index contributed by atoms with van der Waals surface area (Å²) in [5.41, 5.74) is 0.474. The summed E-state index contributed by atoms with van der Waals surface area (Å²) in [4.78, 5) is 11.1. The number of carbonyl (C=O) groups excluding carboxylic acids is 1. The molecule has 0 bridgehead atoms. The third-order valence-electron chi connectivity index (χ3n) is 3.07. The Morgan fingerprint density at radius 2 is 1.70 bits per heavy atom. The second-order valence-corrected chi connectivity index (χ2v) is 4.82. The number of hydrogen-bond acceptors (Lipinski definition) is 2. The molecule has 3 aromatic rings. The lowest BCUT2D eigenvalue weighted by molar-refractivity contribution is 0.112. The SMILES string of the molecule is O=Cc1ccc(Cl)cc1Oc1cccc2ccccc12. The molecule has 3 heteroatoms. The first-order chi connectivity index (χ1) is 9.78. The fraction of sp³-hybridized carbons (Fsp3) is 0. The fourth-order valence-electron chi connectivity index (χ4n) is 2.10. The molecule has 0 fully saturated rings. The van der Waals surface area contributed by atoms with Crippen LogP contribution >= 0.6 is 11.6 Å². The van der Waals surface area contributed by atoms with E-state index >= 15 is 0 Å². The zero-order valence-corrected chi connectivity index (χ0v) is 11.3. The van der Waals surface area contributed by atoms with E-state index in [9.17, 15) is 4.79 Å². The number of benzene rings is 3. The van der Waals surface area contributed by atoms with Gasteiger partial charge in [0.05, 0.1) is 5.56 Å². The van der Waals surface area contributed by atoms with Crippen molar-refractivity contribution in [2.75, 3.05) is 0 Å². The van der Waals surface area contributed by atoms with Crippen LogP contribution in [0.4, 0.5) is 0 Å². The fourth-order valence-corrected chi connectivity index (χ4v) is 2.26. The normalized spacial score (nSPS) is 10.4. The zero-order chi connectivity index (χ0) is 13.9. The number of fused-ring (bicyclic) bond motifs is 1. The topological polar surface area (TPSA) is 26.3 Å².